The van der Waals surface area contributed by atoms with Crippen molar-refractivity contribution in [3.05, 3.63) is 23.8 Å². The van der Waals surface area contributed by atoms with Gasteiger partial charge in [-0.1, -0.05) is 6.07 Å². The van der Waals surface area contributed by atoms with Crippen molar-refractivity contribution in [3.63, 3.8) is 0 Å². The van der Waals surface area contributed by atoms with E-state index in [-0.39, 0.29) is 6.54 Å². The first-order valence-electron chi connectivity index (χ1n) is 4.02. The first kappa shape index (κ1) is 10.2. The van der Waals surface area contributed by atoms with Gasteiger partial charge in [0.25, 0.3) is 0 Å². The van der Waals surface area contributed by atoms with Crippen LogP contribution in [0.5, 0.6) is 5.75 Å². The molecule has 5 nitrogen and oxygen atoms in total. The average Bonchev–Trinajstić information content (AvgIpc) is 2.16. The molecule has 0 radical (unpaired) electrons. The molecule has 0 aliphatic carbocycles. The fraction of sp³-hybridized carbons (Fsp3) is 0.222. The first-order chi connectivity index (χ1) is 6.63. The first-order valence-corrected chi connectivity index (χ1v) is 4.02. The van der Waals surface area contributed by atoms with E-state index < -0.39 is 6.09 Å². The van der Waals surface area contributed by atoms with Crippen LogP contribution >= 0.6 is 0 Å². The Kier molecular flexibility index (Phi) is 3.17. The smallest absolute Gasteiger partial charge is 0.404 e. The second-order valence-corrected chi connectivity index (χ2v) is 2.74. The van der Waals surface area contributed by atoms with Crippen LogP contribution in [0.4, 0.5) is 10.5 Å². The van der Waals surface area contributed by atoms with Crippen LogP contribution in [0.2, 0.25) is 0 Å². The van der Waals surface area contributed by atoms with Crippen molar-refractivity contribution < 1.29 is 14.6 Å². The Morgan fingerprint density at radius 3 is 2.93 bits per heavy atom. The minimum absolute atomic E-state index is 0.242. The van der Waals surface area contributed by atoms with E-state index in [1.807, 2.05) is 0 Å². The molecule has 0 bridgehead atoms. The highest BCUT2D eigenvalue weighted by atomic mass is 16.5. The van der Waals surface area contributed by atoms with Crippen molar-refractivity contribution in [3.8, 4) is 5.75 Å². The van der Waals surface area contributed by atoms with Crippen LogP contribution in [0.15, 0.2) is 18.2 Å². The van der Waals surface area contributed by atoms with Crippen LogP contribution in [-0.4, -0.2) is 18.3 Å². The molecule has 0 aliphatic heterocycles. The summed E-state index contributed by atoms with van der Waals surface area (Å²) in [5.41, 5.74) is 6.93. The summed E-state index contributed by atoms with van der Waals surface area (Å²) < 4.78 is 4.99. The zero-order valence-electron chi connectivity index (χ0n) is 7.78. The third kappa shape index (κ3) is 2.55. The molecule has 4 N–H and O–H groups in total. The molecule has 76 valence electrons. The van der Waals surface area contributed by atoms with Gasteiger partial charge in [-0.3, -0.25) is 0 Å². The molecule has 0 atom stereocenters. The molecule has 1 aromatic rings. The van der Waals surface area contributed by atoms with E-state index in [4.69, 9.17) is 15.6 Å². The molecule has 0 heterocycles. The summed E-state index contributed by atoms with van der Waals surface area (Å²) in [6, 6.07) is 5.12. The van der Waals surface area contributed by atoms with E-state index in [1.165, 1.54) is 7.11 Å². The van der Waals surface area contributed by atoms with Gasteiger partial charge < -0.3 is 20.9 Å². The Morgan fingerprint density at radius 2 is 2.36 bits per heavy atom. The number of anilines is 1. The molecule has 0 fully saturated rings. The average molecular weight is 196 g/mol. The van der Waals surface area contributed by atoms with E-state index in [0.717, 1.165) is 5.56 Å². The third-order valence-electron chi connectivity index (χ3n) is 1.74. The summed E-state index contributed by atoms with van der Waals surface area (Å²) in [6.07, 6.45) is -1.05. The minimum atomic E-state index is -1.05. The van der Waals surface area contributed by atoms with Crippen LogP contribution in [0.1, 0.15) is 5.56 Å². The molecule has 0 aromatic heterocycles. The van der Waals surface area contributed by atoms with Crippen LogP contribution in [-0.2, 0) is 6.54 Å². The Labute approximate surface area is 81.5 Å². The van der Waals surface area contributed by atoms with Crippen molar-refractivity contribution in [1.82, 2.24) is 5.32 Å². The van der Waals surface area contributed by atoms with E-state index in [1.54, 1.807) is 18.2 Å². The monoisotopic (exact) mass is 196 g/mol. The predicted octanol–water partition coefficient (Wildman–Crippen LogP) is 1.04. The van der Waals surface area contributed by atoms with Gasteiger partial charge in [-0.2, -0.15) is 0 Å². The zero-order valence-corrected chi connectivity index (χ0v) is 7.78. The molecule has 0 spiro atoms. The molecule has 0 unspecified atom stereocenters. The van der Waals surface area contributed by atoms with Crippen LogP contribution in [0, 0.1) is 0 Å². The van der Waals surface area contributed by atoms with Gasteiger partial charge >= 0.3 is 6.09 Å². The molecule has 0 saturated heterocycles. The summed E-state index contributed by atoms with van der Waals surface area (Å²) in [4.78, 5) is 10.2. The number of nitrogen functional groups attached to an aromatic ring is 1. The number of rotatable bonds is 3. The van der Waals surface area contributed by atoms with Crippen molar-refractivity contribution in [2.45, 2.75) is 6.54 Å². The molecule has 0 aliphatic rings. The highest BCUT2D eigenvalue weighted by Crippen LogP contribution is 2.21. The van der Waals surface area contributed by atoms with E-state index >= 15 is 0 Å². The van der Waals surface area contributed by atoms with Gasteiger partial charge in [0.05, 0.1) is 12.8 Å². The number of amides is 1. The lowest BCUT2D eigenvalue weighted by molar-refractivity contribution is 0.194. The van der Waals surface area contributed by atoms with Gasteiger partial charge in [0.1, 0.15) is 5.75 Å². The SMILES string of the molecule is COc1cc(CNC(=O)O)ccc1N. The highest BCUT2D eigenvalue weighted by Gasteiger charge is 2.01. The standard InChI is InChI=1S/C9H12N2O3/c1-14-8-4-6(2-3-7(8)10)5-11-9(12)13/h2-4,11H,5,10H2,1H3,(H,12,13). The largest absolute Gasteiger partial charge is 0.495 e. The summed E-state index contributed by atoms with van der Waals surface area (Å²) in [5, 5.41) is 10.6. The van der Waals surface area contributed by atoms with Crippen LogP contribution in [0.3, 0.4) is 0 Å². The van der Waals surface area contributed by atoms with Crippen molar-refractivity contribution >= 4 is 11.8 Å². The molecule has 1 aromatic carbocycles. The second kappa shape index (κ2) is 4.36. The normalized spacial score (nSPS) is 9.50. The van der Waals surface area contributed by atoms with Crippen LogP contribution in [0.25, 0.3) is 0 Å². The number of methoxy groups -OCH3 is 1. The maximum Gasteiger partial charge on any atom is 0.404 e. The van der Waals surface area contributed by atoms with Gasteiger partial charge in [0.15, 0.2) is 0 Å². The summed E-state index contributed by atoms with van der Waals surface area (Å²) >= 11 is 0. The van der Waals surface area contributed by atoms with E-state index in [2.05, 4.69) is 5.32 Å². The van der Waals surface area contributed by atoms with Gasteiger partial charge in [0.2, 0.25) is 0 Å². The number of hydrogen-bond acceptors (Lipinski definition) is 3. The van der Waals surface area contributed by atoms with E-state index in [9.17, 15) is 4.79 Å². The number of ether oxygens (including phenoxy) is 1. The number of carbonyl (C=O) groups is 1. The molecular weight excluding hydrogens is 184 g/mol. The quantitative estimate of drug-likeness (QED) is 0.631. The number of nitrogens with two attached hydrogens (primary N) is 1. The Balaban J connectivity index is 2.74. The molecule has 1 rings (SSSR count). The number of carboxylic acid groups (broad SMARTS) is 1. The van der Waals surface area contributed by atoms with Crippen molar-refractivity contribution in [1.29, 1.82) is 0 Å². The van der Waals surface area contributed by atoms with Gasteiger partial charge in [0, 0.05) is 6.54 Å². The topological polar surface area (TPSA) is 84.6 Å². The minimum Gasteiger partial charge on any atom is -0.495 e. The molecular formula is C9H12N2O3. The number of nitrogens with one attached hydrogen (secondary N) is 1. The highest BCUT2D eigenvalue weighted by molar-refractivity contribution is 5.64. The Hall–Kier alpha value is -1.91. The molecule has 1 amide bonds. The Bertz CT molecular complexity index is 339. The Morgan fingerprint density at radius 1 is 1.64 bits per heavy atom. The summed E-state index contributed by atoms with van der Waals surface area (Å²) in [5.74, 6) is 0.551. The lowest BCUT2D eigenvalue weighted by Crippen LogP contribution is -2.19. The number of benzene rings is 1. The van der Waals surface area contributed by atoms with Crippen molar-refractivity contribution in [2.75, 3.05) is 12.8 Å². The van der Waals surface area contributed by atoms with Gasteiger partial charge in [-0.05, 0) is 17.7 Å². The maximum atomic E-state index is 10.2. The fourth-order valence-electron chi connectivity index (χ4n) is 1.04. The fourth-order valence-corrected chi connectivity index (χ4v) is 1.04. The third-order valence-corrected chi connectivity index (χ3v) is 1.74. The van der Waals surface area contributed by atoms with Gasteiger partial charge in [-0.25, -0.2) is 4.79 Å². The second-order valence-electron chi connectivity index (χ2n) is 2.74. The maximum absolute atomic E-state index is 10.2. The number of hydrogen-bond donors (Lipinski definition) is 3. The predicted molar refractivity (Wildman–Crippen MR) is 52.3 cm³/mol. The lowest BCUT2D eigenvalue weighted by Gasteiger charge is -2.07. The van der Waals surface area contributed by atoms with E-state index in [0.29, 0.717) is 11.4 Å². The summed E-state index contributed by atoms with van der Waals surface area (Å²) in [7, 11) is 1.51. The zero-order chi connectivity index (χ0) is 10.6. The molecule has 0 saturated carbocycles. The van der Waals surface area contributed by atoms with Gasteiger partial charge in [-0.15, -0.1) is 0 Å². The summed E-state index contributed by atoms with van der Waals surface area (Å²) in [6.45, 7) is 0.242. The van der Waals surface area contributed by atoms with Crippen molar-refractivity contribution in [2.24, 2.45) is 0 Å². The molecule has 5 heteroatoms. The van der Waals surface area contributed by atoms with Crippen LogP contribution < -0.4 is 15.8 Å². The molecule has 14 heavy (non-hydrogen) atoms. The lowest BCUT2D eigenvalue weighted by atomic mass is 10.2.